The number of para-hydroxylation sites is 1. The van der Waals surface area contributed by atoms with E-state index in [4.69, 9.17) is 5.73 Å². The van der Waals surface area contributed by atoms with Crippen LogP contribution < -0.4 is 5.73 Å². The van der Waals surface area contributed by atoms with Crippen LogP contribution in [0.15, 0.2) is 24.3 Å². The summed E-state index contributed by atoms with van der Waals surface area (Å²) in [7, 11) is 0. The molecule has 60 valence electrons. The molecule has 0 saturated carbocycles. The average Bonchev–Trinajstić information content (AvgIpc) is 2.04. The molecule has 0 fully saturated rings. The Morgan fingerprint density at radius 1 is 1.45 bits per heavy atom. The number of rotatable bonds is 2. The maximum absolute atomic E-state index is 5.75. The second kappa shape index (κ2) is 3.67. The Kier molecular flexibility index (Phi) is 2.83. The zero-order valence-electron chi connectivity index (χ0n) is 6.62. The van der Waals surface area contributed by atoms with Gasteiger partial charge < -0.3 is 5.73 Å². The van der Waals surface area contributed by atoms with Crippen LogP contribution >= 0.6 is 12.6 Å². The van der Waals surface area contributed by atoms with Crippen molar-refractivity contribution in [2.24, 2.45) is 0 Å². The molecule has 2 N–H and O–H groups in total. The first-order valence-corrected chi connectivity index (χ1v) is 4.29. The van der Waals surface area contributed by atoms with Crippen LogP contribution in [-0.2, 0) is 0 Å². The van der Waals surface area contributed by atoms with Crippen molar-refractivity contribution in [3.63, 3.8) is 0 Å². The number of anilines is 1. The monoisotopic (exact) mass is 167 g/mol. The molecule has 11 heavy (non-hydrogen) atoms. The fourth-order valence-electron chi connectivity index (χ4n) is 1.03. The number of benzene rings is 1. The molecule has 0 saturated heterocycles. The molecular formula is C9H13NS. The Hall–Kier alpha value is -0.630. The van der Waals surface area contributed by atoms with E-state index < -0.39 is 0 Å². The van der Waals surface area contributed by atoms with Crippen LogP contribution in [-0.4, -0.2) is 0 Å². The Morgan fingerprint density at radius 3 is 2.64 bits per heavy atom. The number of nitrogens with two attached hydrogens (primary N) is 1. The summed E-state index contributed by atoms with van der Waals surface area (Å²) in [5.41, 5.74) is 7.73. The molecule has 0 aromatic heterocycles. The van der Waals surface area contributed by atoms with Gasteiger partial charge in [0.2, 0.25) is 0 Å². The zero-order chi connectivity index (χ0) is 8.27. The second-order valence-electron chi connectivity index (χ2n) is 2.55. The van der Waals surface area contributed by atoms with Gasteiger partial charge in [0.15, 0.2) is 0 Å². The van der Waals surface area contributed by atoms with Gasteiger partial charge in [-0.15, -0.1) is 0 Å². The van der Waals surface area contributed by atoms with Gasteiger partial charge in [0.1, 0.15) is 0 Å². The summed E-state index contributed by atoms with van der Waals surface area (Å²) in [6.07, 6.45) is 1.01. The van der Waals surface area contributed by atoms with Gasteiger partial charge in [-0.25, -0.2) is 0 Å². The minimum absolute atomic E-state index is 0.274. The molecule has 1 unspecified atom stereocenters. The highest BCUT2D eigenvalue weighted by Gasteiger charge is 2.05. The van der Waals surface area contributed by atoms with Crippen molar-refractivity contribution in [2.45, 2.75) is 18.6 Å². The van der Waals surface area contributed by atoms with E-state index in [0.29, 0.717) is 0 Å². The van der Waals surface area contributed by atoms with Crippen molar-refractivity contribution in [3.05, 3.63) is 29.8 Å². The summed E-state index contributed by atoms with van der Waals surface area (Å²) < 4.78 is 0. The van der Waals surface area contributed by atoms with Gasteiger partial charge in [-0.05, 0) is 18.1 Å². The molecule has 0 aliphatic rings. The van der Waals surface area contributed by atoms with Gasteiger partial charge in [-0.3, -0.25) is 0 Å². The molecule has 1 rings (SSSR count). The van der Waals surface area contributed by atoms with E-state index in [1.165, 1.54) is 0 Å². The first-order chi connectivity index (χ1) is 5.25. The van der Waals surface area contributed by atoms with Crippen molar-refractivity contribution < 1.29 is 0 Å². The zero-order valence-corrected chi connectivity index (χ0v) is 7.51. The molecular weight excluding hydrogens is 154 g/mol. The molecule has 0 aliphatic carbocycles. The maximum atomic E-state index is 5.75. The Labute approximate surface area is 73.0 Å². The minimum atomic E-state index is 0.274. The smallest absolute Gasteiger partial charge is 0.0357 e. The lowest BCUT2D eigenvalue weighted by atomic mass is 10.1. The SMILES string of the molecule is CCC(S)c1ccccc1N. The summed E-state index contributed by atoms with van der Waals surface area (Å²) in [5, 5.41) is 0.274. The maximum Gasteiger partial charge on any atom is 0.0357 e. The third kappa shape index (κ3) is 1.90. The van der Waals surface area contributed by atoms with Crippen LogP contribution in [0.1, 0.15) is 24.2 Å². The lowest BCUT2D eigenvalue weighted by Gasteiger charge is -2.10. The van der Waals surface area contributed by atoms with Crippen molar-refractivity contribution >= 4 is 18.3 Å². The fourth-order valence-corrected chi connectivity index (χ4v) is 1.27. The van der Waals surface area contributed by atoms with Crippen molar-refractivity contribution in [2.75, 3.05) is 5.73 Å². The van der Waals surface area contributed by atoms with Crippen LogP contribution in [0.3, 0.4) is 0 Å². The van der Waals surface area contributed by atoms with Crippen LogP contribution in [0.5, 0.6) is 0 Å². The lowest BCUT2D eigenvalue weighted by molar-refractivity contribution is 0.905. The van der Waals surface area contributed by atoms with Gasteiger partial charge in [-0.1, -0.05) is 25.1 Å². The number of hydrogen-bond donors (Lipinski definition) is 2. The molecule has 1 aromatic carbocycles. The minimum Gasteiger partial charge on any atom is -0.398 e. The Balaban J connectivity index is 2.93. The molecule has 2 heteroatoms. The molecule has 0 aliphatic heterocycles. The summed E-state index contributed by atoms with van der Waals surface area (Å²) in [6.45, 7) is 2.10. The summed E-state index contributed by atoms with van der Waals surface area (Å²) in [5.74, 6) is 0. The average molecular weight is 167 g/mol. The van der Waals surface area contributed by atoms with Gasteiger partial charge in [-0.2, -0.15) is 12.6 Å². The topological polar surface area (TPSA) is 26.0 Å². The molecule has 0 bridgehead atoms. The van der Waals surface area contributed by atoms with Gasteiger partial charge in [0.25, 0.3) is 0 Å². The summed E-state index contributed by atoms with van der Waals surface area (Å²) in [6, 6.07) is 7.87. The highest BCUT2D eigenvalue weighted by molar-refractivity contribution is 7.80. The van der Waals surface area contributed by atoms with E-state index >= 15 is 0 Å². The van der Waals surface area contributed by atoms with Crippen molar-refractivity contribution in [1.29, 1.82) is 0 Å². The first kappa shape index (κ1) is 8.47. The fraction of sp³-hybridized carbons (Fsp3) is 0.333. The predicted molar refractivity (Wildman–Crippen MR) is 52.9 cm³/mol. The van der Waals surface area contributed by atoms with Crippen molar-refractivity contribution in [1.82, 2.24) is 0 Å². The molecule has 1 aromatic rings. The van der Waals surface area contributed by atoms with E-state index in [9.17, 15) is 0 Å². The molecule has 0 spiro atoms. The number of nitrogen functional groups attached to an aromatic ring is 1. The summed E-state index contributed by atoms with van der Waals surface area (Å²) >= 11 is 4.41. The Bertz CT molecular complexity index is 235. The molecule has 1 nitrogen and oxygen atoms in total. The van der Waals surface area contributed by atoms with Crippen LogP contribution in [0.25, 0.3) is 0 Å². The second-order valence-corrected chi connectivity index (χ2v) is 3.18. The van der Waals surface area contributed by atoms with Crippen LogP contribution in [0, 0.1) is 0 Å². The third-order valence-corrected chi connectivity index (χ3v) is 2.39. The highest BCUT2D eigenvalue weighted by Crippen LogP contribution is 2.27. The molecule has 0 radical (unpaired) electrons. The number of thiol groups is 1. The van der Waals surface area contributed by atoms with E-state index in [2.05, 4.69) is 19.6 Å². The van der Waals surface area contributed by atoms with E-state index in [0.717, 1.165) is 17.7 Å². The quantitative estimate of drug-likeness (QED) is 0.514. The predicted octanol–water partition coefficient (Wildman–Crippen LogP) is 2.65. The standard InChI is InChI=1S/C9H13NS/c1-2-9(11)7-5-3-4-6-8(7)10/h3-6,9,11H,2,10H2,1H3. The largest absolute Gasteiger partial charge is 0.398 e. The van der Waals surface area contributed by atoms with Gasteiger partial charge >= 0.3 is 0 Å². The summed E-state index contributed by atoms with van der Waals surface area (Å²) in [4.78, 5) is 0. The van der Waals surface area contributed by atoms with Crippen LogP contribution in [0.4, 0.5) is 5.69 Å². The highest BCUT2D eigenvalue weighted by atomic mass is 32.1. The van der Waals surface area contributed by atoms with Gasteiger partial charge in [0, 0.05) is 10.9 Å². The van der Waals surface area contributed by atoms with E-state index in [1.807, 2.05) is 24.3 Å². The molecule has 0 amide bonds. The Morgan fingerprint density at radius 2 is 2.09 bits per heavy atom. The van der Waals surface area contributed by atoms with Crippen molar-refractivity contribution in [3.8, 4) is 0 Å². The third-order valence-electron chi connectivity index (χ3n) is 1.74. The number of hydrogen-bond acceptors (Lipinski definition) is 2. The van der Waals surface area contributed by atoms with Gasteiger partial charge in [0.05, 0.1) is 0 Å². The first-order valence-electron chi connectivity index (χ1n) is 3.78. The molecule has 0 heterocycles. The van der Waals surface area contributed by atoms with E-state index in [-0.39, 0.29) is 5.25 Å². The van der Waals surface area contributed by atoms with E-state index in [1.54, 1.807) is 0 Å². The van der Waals surface area contributed by atoms with Crippen LogP contribution in [0.2, 0.25) is 0 Å². The molecule has 1 atom stereocenters. The normalized spacial score (nSPS) is 12.9. The lowest BCUT2D eigenvalue weighted by Crippen LogP contribution is -1.95.